The maximum absolute atomic E-state index is 13.7. The molecule has 0 heterocycles. The summed E-state index contributed by atoms with van der Waals surface area (Å²) in [5.74, 6) is 3.68. The summed E-state index contributed by atoms with van der Waals surface area (Å²) in [6.45, 7) is -0.831. The molecule has 0 fully saturated rings. The Morgan fingerprint density at radius 2 is 2.15 bits per heavy atom. The highest BCUT2D eigenvalue weighted by Gasteiger charge is 2.16. The average molecular weight is 285 g/mol. The zero-order valence-corrected chi connectivity index (χ0v) is 10.9. The minimum Gasteiger partial charge on any atom is -0.395 e. The van der Waals surface area contributed by atoms with Crippen molar-refractivity contribution in [3.05, 3.63) is 35.1 Å². The minimum atomic E-state index is -2.64. The number of nitrogens with zero attached hydrogens (tertiary/aromatic N) is 1. The van der Waals surface area contributed by atoms with Crippen molar-refractivity contribution >= 4 is 5.91 Å². The molecule has 0 aliphatic carbocycles. The van der Waals surface area contributed by atoms with Gasteiger partial charge in [-0.3, -0.25) is 4.79 Å². The summed E-state index contributed by atoms with van der Waals surface area (Å²) in [6, 6.07) is 3.60. The van der Waals surface area contributed by atoms with Crippen molar-refractivity contribution in [3.63, 3.8) is 0 Å². The number of halogens is 3. The van der Waals surface area contributed by atoms with Gasteiger partial charge in [0.2, 0.25) is 0 Å². The molecule has 0 aliphatic rings. The normalized spacial score (nSPS) is 10.1. The van der Waals surface area contributed by atoms with Gasteiger partial charge in [-0.2, -0.15) is 0 Å². The monoisotopic (exact) mass is 285 g/mol. The molecule has 0 unspecified atom stereocenters. The molecule has 108 valence electrons. The highest BCUT2D eigenvalue weighted by Crippen LogP contribution is 2.12. The fourth-order valence-electron chi connectivity index (χ4n) is 1.47. The molecule has 20 heavy (non-hydrogen) atoms. The maximum Gasteiger partial charge on any atom is 0.255 e. The third kappa shape index (κ3) is 4.59. The van der Waals surface area contributed by atoms with E-state index in [4.69, 9.17) is 5.11 Å². The first-order valence-corrected chi connectivity index (χ1v) is 5.88. The van der Waals surface area contributed by atoms with E-state index in [0.29, 0.717) is 0 Å². The number of benzene rings is 1. The zero-order valence-electron chi connectivity index (χ0n) is 10.9. The molecule has 0 aliphatic heterocycles. The summed E-state index contributed by atoms with van der Waals surface area (Å²) in [5.41, 5.74) is 0.0740. The lowest BCUT2D eigenvalue weighted by Gasteiger charge is -2.16. The highest BCUT2D eigenvalue weighted by molar-refractivity contribution is 5.94. The number of aliphatic hydroxyl groups is 1. The Labute approximate surface area is 115 Å². The molecule has 0 atom stereocenters. The third-order valence-corrected chi connectivity index (χ3v) is 2.43. The van der Waals surface area contributed by atoms with Gasteiger partial charge in [0.05, 0.1) is 18.7 Å². The topological polar surface area (TPSA) is 40.5 Å². The molecule has 1 rings (SSSR count). The van der Waals surface area contributed by atoms with E-state index in [0.717, 1.165) is 11.0 Å². The van der Waals surface area contributed by atoms with Crippen LogP contribution in [0.3, 0.4) is 0 Å². The number of hydrogen-bond acceptors (Lipinski definition) is 2. The molecular weight excluding hydrogens is 271 g/mol. The van der Waals surface area contributed by atoms with E-state index in [-0.39, 0.29) is 24.2 Å². The summed E-state index contributed by atoms with van der Waals surface area (Å²) >= 11 is 0. The first kappa shape index (κ1) is 16.1. The molecule has 1 amide bonds. The van der Waals surface area contributed by atoms with Crippen LogP contribution in [0.5, 0.6) is 0 Å². The van der Waals surface area contributed by atoms with Crippen molar-refractivity contribution < 1.29 is 23.1 Å². The fraction of sp³-hybridized carbons (Fsp3) is 0.357. The van der Waals surface area contributed by atoms with Gasteiger partial charge in [0.25, 0.3) is 12.3 Å². The molecule has 1 aromatic carbocycles. The molecule has 0 saturated heterocycles. The first-order chi connectivity index (χ1) is 9.45. The van der Waals surface area contributed by atoms with Crippen LogP contribution in [-0.2, 0) is 0 Å². The average Bonchev–Trinajstić information content (AvgIpc) is 2.39. The van der Waals surface area contributed by atoms with E-state index in [1.165, 1.54) is 19.2 Å². The predicted molar refractivity (Wildman–Crippen MR) is 67.9 cm³/mol. The predicted octanol–water partition coefficient (Wildman–Crippen LogP) is 1.90. The third-order valence-electron chi connectivity index (χ3n) is 2.43. The zero-order chi connectivity index (χ0) is 15.1. The quantitative estimate of drug-likeness (QED) is 0.858. The van der Waals surface area contributed by atoms with Crippen LogP contribution in [0, 0.1) is 17.7 Å². The summed E-state index contributed by atoms with van der Waals surface area (Å²) < 4.78 is 38.0. The van der Waals surface area contributed by atoms with Crippen LogP contribution in [-0.4, -0.2) is 42.5 Å². The Morgan fingerprint density at radius 1 is 1.45 bits per heavy atom. The minimum absolute atomic E-state index is 0.0154. The largest absolute Gasteiger partial charge is 0.395 e. The van der Waals surface area contributed by atoms with Gasteiger partial charge >= 0.3 is 0 Å². The molecule has 0 radical (unpaired) electrons. The van der Waals surface area contributed by atoms with Gasteiger partial charge in [-0.25, -0.2) is 13.2 Å². The maximum atomic E-state index is 13.7. The van der Waals surface area contributed by atoms with Gasteiger partial charge in [-0.15, -0.1) is 0 Å². The second-order valence-electron chi connectivity index (χ2n) is 4.05. The SMILES string of the molecule is CN(CC(F)F)C(=O)c1ccc(C#CCCO)c(F)c1. The molecule has 0 saturated carbocycles. The van der Waals surface area contributed by atoms with Gasteiger partial charge in [-0.05, 0) is 18.2 Å². The molecule has 1 N–H and O–H groups in total. The van der Waals surface area contributed by atoms with Crippen molar-refractivity contribution in [3.8, 4) is 11.8 Å². The number of aliphatic hydroxyl groups excluding tert-OH is 1. The highest BCUT2D eigenvalue weighted by atomic mass is 19.3. The van der Waals surface area contributed by atoms with Gasteiger partial charge in [0.1, 0.15) is 5.82 Å². The van der Waals surface area contributed by atoms with Crippen LogP contribution in [0.4, 0.5) is 13.2 Å². The molecule has 3 nitrogen and oxygen atoms in total. The Morgan fingerprint density at radius 3 is 2.70 bits per heavy atom. The van der Waals surface area contributed by atoms with E-state index in [1.54, 1.807) is 0 Å². The summed E-state index contributed by atoms with van der Waals surface area (Å²) in [5, 5.41) is 8.56. The van der Waals surface area contributed by atoms with Crippen LogP contribution in [0.15, 0.2) is 18.2 Å². The van der Waals surface area contributed by atoms with Crippen molar-refractivity contribution in [2.75, 3.05) is 20.2 Å². The molecule has 0 spiro atoms. The lowest BCUT2D eigenvalue weighted by Crippen LogP contribution is -2.31. The Bertz CT molecular complexity index is 535. The number of rotatable bonds is 4. The molecule has 0 aromatic heterocycles. The summed E-state index contributed by atoms with van der Waals surface area (Å²) in [6.07, 6.45) is -2.42. The van der Waals surface area contributed by atoms with Crippen molar-refractivity contribution in [2.24, 2.45) is 0 Å². The smallest absolute Gasteiger partial charge is 0.255 e. The fourth-order valence-corrected chi connectivity index (χ4v) is 1.47. The van der Waals surface area contributed by atoms with Crippen LogP contribution in [0.25, 0.3) is 0 Å². The lowest BCUT2D eigenvalue weighted by atomic mass is 10.1. The van der Waals surface area contributed by atoms with Crippen LogP contribution in [0.1, 0.15) is 22.3 Å². The van der Waals surface area contributed by atoms with Crippen molar-refractivity contribution in [2.45, 2.75) is 12.8 Å². The second kappa shape index (κ2) is 7.56. The van der Waals surface area contributed by atoms with Gasteiger partial charge in [0, 0.05) is 19.0 Å². The van der Waals surface area contributed by atoms with Crippen LogP contribution < -0.4 is 0 Å². The number of amides is 1. The second-order valence-corrected chi connectivity index (χ2v) is 4.05. The molecule has 0 bridgehead atoms. The Kier molecular flexibility index (Phi) is 6.07. The van der Waals surface area contributed by atoms with E-state index < -0.39 is 24.7 Å². The van der Waals surface area contributed by atoms with Gasteiger partial charge in [0.15, 0.2) is 0 Å². The number of hydrogen-bond donors (Lipinski definition) is 1. The van der Waals surface area contributed by atoms with Crippen molar-refractivity contribution in [1.82, 2.24) is 4.90 Å². The summed E-state index contributed by atoms with van der Waals surface area (Å²) in [7, 11) is 1.22. The molecule has 1 aromatic rings. The standard InChI is InChI=1S/C14H14F3NO2/c1-18(9-13(16)17)14(20)11-6-5-10(12(15)8-11)4-2-3-7-19/h5-6,8,13,19H,3,7,9H2,1H3. The lowest BCUT2D eigenvalue weighted by molar-refractivity contribution is 0.0620. The number of alkyl halides is 2. The van der Waals surface area contributed by atoms with Crippen molar-refractivity contribution in [1.29, 1.82) is 0 Å². The van der Waals surface area contributed by atoms with Crippen LogP contribution >= 0.6 is 0 Å². The van der Waals surface area contributed by atoms with E-state index in [2.05, 4.69) is 11.8 Å². The Hall–Kier alpha value is -2.00. The number of carbonyl (C=O) groups excluding carboxylic acids is 1. The first-order valence-electron chi connectivity index (χ1n) is 5.88. The Balaban J connectivity index is 2.87. The number of carbonyl (C=O) groups is 1. The van der Waals surface area contributed by atoms with Crippen LogP contribution in [0.2, 0.25) is 0 Å². The summed E-state index contributed by atoms with van der Waals surface area (Å²) in [4.78, 5) is 12.6. The van der Waals surface area contributed by atoms with E-state index in [9.17, 15) is 18.0 Å². The van der Waals surface area contributed by atoms with E-state index in [1.807, 2.05) is 0 Å². The van der Waals surface area contributed by atoms with Gasteiger partial charge < -0.3 is 10.0 Å². The molecular formula is C14H14F3NO2. The molecule has 6 heteroatoms. The van der Waals surface area contributed by atoms with Gasteiger partial charge in [-0.1, -0.05) is 11.8 Å². The van der Waals surface area contributed by atoms with E-state index >= 15 is 0 Å².